The second-order valence-electron chi connectivity index (χ2n) is 3.43. The van der Waals surface area contributed by atoms with Crippen LogP contribution in [0.15, 0.2) is 36.5 Å². The Kier molecular flexibility index (Phi) is 3.27. The molecule has 2 rings (SSSR count). The first-order chi connectivity index (χ1) is 8.16. The van der Waals surface area contributed by atoms with E-state index in [0.717, 1.165) is 17.8 Å². The summed E-state index contributed by atoms with van der Waals surface area (Å²) in [4.78, 5) is 4.03. The topological polar surface area (TPSA) is 24.9 Å². The summed E-state index contributed by atoms with van der Waals surface area (Å²) in [5.41, 5.74) is 0.893. The maximum Gasteiger partial charge on any atom is 0.194 e. The van der Waals surface area contributed by atoms with Crippen molar-refractivity contribution >= 4 is 5.69 Å². The van der Waals surface area contributed by atoms with Crippen molar-refractivity contribution in [3.8, 4) is 0 Å². The van der Waals surface area contributed by atoms with Crippen LogP contribution in [0.1, 0.15) is 5.69 Å². The zero-order valence-corrected chi connectivity index (χ0v) is 8.75. The molecule has 88 valence electrons. The van der Waals surface area contributed by atoms with Crippen LogP contribution in [0, 0.1) is 17.5 Å². The number of aromatic nitrogens is 1. The van der Waals surface area contributed by atoms with Gasteiger partial charge in [-0.15, -0.1) is 0 Å². The molecule has 0 fully saturated rings. The highest BCUT2D eigenvalue weighted by atomic mass is 19.2. The van der Waals surface area contributed by atoms with Gasteiger partial charge in [0, 0.05) is 24.0 Å². The summed E-state index contributed by atoms with van der Waals surface area (Å²) in [6.07, 6.45) is 1.61. The van der Waals surface area contributed by atoms with Gasteiger partial charge < -0.3 is 5.32 Å². The van der Waals surface area contributed by atoms with E-state index >= 15 is 0 Å². The normalized spacial score (nSPS) is 10.3. The molecule has 2 aromatic rings. The van der Waals surface area contributed by atoms with Crippen LogP contribution in [0.3, 0.4) is 0 Å². The lowest BCUT2D eigenvalue weighted by molar-refractivity contribution is 0.447. The van der Waals surface area contributed by atoms with Crippen LogP contribution in [-0.2, 0) is 6.54 Å². The van der Waals surface area contributed by atoms with Gasteiger partial charge in [-0.2, -0.15) is 0 Å². The van der Waals surface area contributed by atoms with E-state index < -0.39 is 17.5 Å². The van der Waals surface area contributed by atoms with Crippen molar-refractivity contribution in [3.05, 3.63) is 59.7 Å². The molecule has 2 nitrogen and oxygen atoms in total. The quantitative estimate of drug-likeness (QED) is 0.831. The predicted molar refractivity (Wildman–Crippen MR) is 57.9 cm³/mol. The Bertz CT molecular complexity index is 491. The molecule has 1 aromatic heterocycles. The van der Waals surface area contributed by atoms with Crippen LogP contribution >= 0.6 is 0 Å². The van der Waals surface area contributed by atoms with E-state index in [0.29, 0.717) is 6.54 Å². The number of hydrogen-bond acceptors (Lipinski definition) is 2. The van der Waals surface area contributed by atoms with E-state index in [1.165, 1.54) is 0 Å². The van der Waals surface area contributed by atoms with Crippen molar-refractivity contribution < 1.29 is 13.2 Å². The lowest BCUT2D eigenvalue weighted by atomic mass is 10.2. The fraction of sp³-hybridized carbons (Fsp3) is 0.0833. The molecule has 17 heavy (non-hydrogen) atoms. The molecule has 1 N–H and O–H groups in total. The van der Waals surface area contributed by atoms with Gasteiger partial charge >= 0.3 is 0 Å². The van der Waals surface area contributed by atoms with Gasteiger partial charge in [-0.25, -0.2) is 13.2 Å². The molecule has 0 atom stereocenters. The summed E-state index contributed by atoms with van der Waals surface area (Å²) in [5, 5.41) is 2.76. The highest BCUT2D eigenvalue weighted by Crippen LogP contribution is 2.17. The smallest absolute Gasteiger partial charge is 0.194 e. The molecule has 0 aliphatic rings. The molecular weight excluding hydrogens is 229 g/mol. The van der Waals surface area contributed by atoms with Gasteiger partial charge in [0.05, 0.1) is 12.2 Å². The van der Waals surface area contributed by atoms with Crippen molar-refractivity contribution in [2.75, 3.05) is 5.32 Å². The van der Waals surface area contributed by atoms with Crippen molar-refractivity contribution in [2.45, 2.75) is 6.54 Å². The minimum Gasteiger partial charge on any atom is -0.379 e. The summed E-state index contributed by atoms with van der Waals surface area (Å²) in [5.74, 6) is -3.89. The molecule has 0 aliphatic heterocycles. The molecule has 0 spiro atoms. The van der Waals surface area contributed by atoms with E-state index in [1.54, 1.807) is 24.4 Å². The molecule has 1 aromatic carbocycles. The Morgan fingerprint density at radius 3 is 2.35 bits per heavy atom. The average Bonchev–Trinajstić information content (AvgIpc) is 2.34. The highest BCUT2D eigenvalue weighted by molar-refractivity contribution is 5.44. The van der Waals surface area contributed by atoms with E-state index in [-0.39, 0.29) is 5.69 Å². The zero-order valence-electron chi connectivity index (χ0n) is 8.75. The van der Waals surface area contributed by atoms with Gasteiger partial charge in [-0.3, -0.25) is 4.98 Å². The minimum atomic E-state index is -1.46. The predicted octanol–water partition coefficient (Wildman–Crippen LogP) is 3.11. The monoisotopic (exact) mass is 238 g/mol. The number of halogens is 3. The van der Waals surface area contributed by atoms with Gasteiger partial charge in [0.25, 0.3) is 0 Å². The summed E-state index contributed by atoms with van der Waals surface area (Å²) in [7, 11) is 0. The Balaban J connectivity index is 2.10. The van der Waals surface area contributed by atoms with Crippen molar-refractivity contribution in [1.29, 1.82) is 0 Å². The molecule has 0 radical (unpaired) electrons. The maximum atomic E-state index is 12.9. The number of nitrogens with one attached hydrogen (secondary N) is 1. The Morgan fingerprint density at radius 2 is 1.76 bits per heavy atom. The molecule has 1 heterocycles. The number of nitrogens with zero attached hydrogens (tertiary/aromatic N) is 1. The molecule has 0 amide bonds. The zero-order chi connectivity index (χ0) is 12.3. The molecule has 0 bridgehead atoms. The van der Waals surface area contributed by atoms with Crippen LogP contribution in [0.2, 0.25) is 0 Å². The van der Waals surface area contributed by atoms with Crippen molar-refractivity contribution in [3.63, 3.8) is 0 Å². The van der Waals surface area contributed by atoms with Crippen LogP contribution in [0.25, 0.3) is 0 Å². The fourth-order valence-corrected chi connectivity index (χ4v) is 1.35. The second kappa shape index (κ2) is 4.86. The Hall–Kier alpha value is -2.04. The van der Waals surface area contributed by atoms with E-state index in [1.807, 2.05) is 0 Å². The highest BCUT2D eigenvalue weighted by Gasteiger charge is 2.10. The number of benzene rings is 1. The third-order valence-electron chi connectivity index (χ3n) is 2.18. The van der Waals surface area contributed by atoms with Crippen molar-refractivity contribution in [1.82, 2.24) is 4.98 Å². The lowest BCUT2D eigenvalue weighted by Crippen LogP contribution is -2.03. The summed E-state index contributed by atoms with van der Waals surface area (Å²) in [6, 6.07) is 7.14. The molecule has 0 saturated carbocycles. The fourth-order valence-electron chi connectivity index (χ4n) is 1.35. The molecule has 0 aliphatic carbocycles. The lowest BCUT2D eigenvalue weighted by Gasteiger charge is -2.06. The van der Waals surface area contributed by atoms with Crippen LogP contribution in [0.5, 0.6) is 0 Å². The van der Waals surface area contributed by atoms with E-state index in [4.69, 9.17) is 0 Å². The number of pyridine rings is 1. The molecule has 0 unspecified atom stereocenters. The summed E-state index contributed by atoms with van der Waals surface area (Å²) < 4.78 is 38.5. The maximum absolute atomic E-state index is 12.9. The van der Waals surface area contributed by atoms with Gasteiger partial charge in [-0.05, 0) is 12.1 Å². The first-order valence-corrected chi connectivity index (χ1v) is 4.95. The van der Waals surface area contributed by atoms with E-state index in [9.17, 15) is 13.2 Å². The van der Waals surface area contributed by atoms with Crippen LogP contribution in [-0.4, -0.2) is 4.98 Å². The Labute approximate surface area is 96.1 Å². The number of rotatable bonds is 3. The third kappa shape index (κ3) is 2.75. The van der Waals surface area contributed by atoms with Crippen molar-refractivity contribution in [2.24, 2.45) is 0 Å². The minimum absolute atomic E-state index is 0.173. The largest absolute Gasteiger partial charge is 0.379 e. The van der Waals surface area contributed by atoms with Gasteiger partial charge in [0.1, 0.15) is 0 Å². The standard InChI is InChI=1S/C12H9F3N2/c13-10-5-9(6-11(14)12(10)15)17-7-8-3-1-2-4-16-8/h1-6,17H,7H2. The van der Waals surface area contributed by atoms with Gasteiger partial charge in [-0.1, -0.05) is 6.07 Å². The first kappa shape index (κ1) is 11.4. The van der Waals surface area contributed by atoms with Crippen LogP contribution < -0.4 is 5.32 Å². The average molecular weight is 238 g/mol. The van der Waals surface area contributed by atoms with Gasteiger partial charge in [0.2, 0.25) is 0 Å². The molecule has 5 heteroatoms. The first-order valence-electron chi connectivity index (χ1n) is 4.95. The Morgan fingerprint density at radius 1 is 1.06 bits per heavy atom. The molecule has 0 saturated heterocycles. The van der Waals surface area contributed by atoms with Crippen LogP contribution in [0.4, 0.5) is 18.9 Å². The summed E-state index contributed by atoms with van der Waals surface area (Å²) >= 11 is 0. The van der Waals surface area contributed by atoms with Gasteiger partial charge in [0.15, 0.2) is 17.5 Å². The molecular formula is C12H9F3N2. The van der Waals surface area contributed by atoms with E-state index in [2.05, 4.69) is 10.3 Å². The number of anilines is 1. The SMILES string of the molecule is Fc1cc(NCc2ccccn2)cc(F)c1F. The summed E-state index contributed by atoms with van der Waals surface area (Å²) in [6.45, 7) is 0.311. The third-order valence-corrected chi connectivity index (χ3v) is 2.18. The second-order valence-corrected chi connectivity index (χ2v) is 3.43. The number of hydrogen-bond donors (Lipinski definition) is 1.